The molecule has 1 aromatic heterocycles. The Balaban J connectivity index is 2.14. The lowest BCUT2D eigenvalue weighted by Gasteiger charge is -2.06. The minimum atomic E-state index is -1.14. The molecule has 0 saturated heterocycles. The van der Waals surface area contributed by atoms with Crippen LogP contribution in [0.15, 0.2) is 36.7 Å². The number of carboxylic acid groups (broad SMARTS) is 1. The van der Waals surface area contributed by atoms with E-state index in [-0.39, 0.29) is 11.3 Å². The standard InChI is InChI=1S/C14H12ClN3O3/c1-18-8-9(7-16-18)2-5-13(19)17-12-6-10(15)3-4-11(12)14(20)21/h2-8H,1H3,(H,17,19)(H,20,21)/b5-2+. The molecule has 2 N–H and O–H groups in total. The van der Waals surface area contributed by atoms with Crippen molar-refractivity contribution in [2.75, 3.05) is 5.32 Å². The summed E-state index contributed by atoms with van der Waals surface area (Å²) in [6.07, 6.45) is 6.22. The molecule has 0 bridgehead atoms. The smallest absolute Gasteiger partial charge is 0.337 e. The number of anilines is 1. The Morgan fingerprint density at radius 2 is 2.19 bits per heavy atom. The molecule has 21 heavy (non-hydrogen) atoms. The van der Waals surface area contributed by atoms with Gasteiger partial charge in [-0.25, -0.2) is 4.79 Å². The van der Waals surface area contributed by atoms with Gasteiger partial charge in [-0.3, -0.25) is 9.48 Å². The summed E-state index contributed by atoms with van der Waals surface area (Å²) in [7, 11) is 1.77. The number of rotatable bonds is 4. The van der Waals surface area contributed by atoms with Crippen LogP contribution < -0.4 is 5.32 Å². The average Bonchev–Trinajstić information content (AvgIpc) is 2.82. The summed E-state index contributed by atoms with van der Waals surface area (Å²) in [6.45, 7) is 0. The molecule has 2 rings (SSSR count). The molecule has 0 aliphatic heterocycles. The molecular formula is C14H12ClN3O3. The van der Waals surface area contributed by atoms with E-state index in [9.17, 15) is 9.59 Å². The SMILES string of the molecule is Cn1cc(/C=C/C(=O)Nc2cc(Cl)ccc2C(=O)O)cn1. The second-order valence-corrected chi connectivity index (χ2v) is 4.70. The van der Waals surface area contributed by atoms with Crippen LogP contribution in [0.5, 0.6) is 0 Å². The Hall–Kier alpha value is -2.60. The van der Waals surface area contributed by atoms with Crippen molar-refractivity contribution >= 4 is 35.2 Å². The Kier molecular flexibility index (Phi) is 4.39. The molecule has 0 aliphatic rings. The largest absolute Gasteiger partial charge is 0.478 e. The minimum Gasteiger partial charge on any atom is -0.478 e. The van der Waals surface area contributed by atoms with Gasteiger partial charge in [-0.15, -0.1) is 0 Å². The van der Waals surface area contributed by atoms with E-state index < -0.39 is 11.9 Å². The van der Waals surface area contributed by atoms with Crippen LogP contribution in [0.3, 0.4) is 0 Å². The lowest BCUT2D eigenvalue weighted by atomic mass is 10.2. The van der Waals surface area contributed by atoms with Crippen LogP contribution in [0.4, 0.5) is 5.69 Å². The summed E-state index contributed by atoms with van der Waals surface area (Å²) in [5, 5.41) is 15.9. The van der Waals surface area contributed by atoms with Gasteiger partial charge in [-0.05, 0) is 24.3 Å². The van der Waals surface area contributed by atoms with E-state index in [1.165, 1.54) is 24.3 Å². The van der Waals surface area contributed by atoms with Crippen molar-refractivity contribution in [3.63, 3.8) is 0 Å². The van der Waals surface area contributed by atoms with Crippen molar-refractivity contribution in [2.24, 2.45) is 7.05 Å². The first-order valence-corrected chi connectivity index (χ1v) is 6.34. The Morgan fingerprint density at radius 1 is 1.43 bits per heavy atom. The van der Waals surface area contributed by atoms with Gasteiger partial charge < -0.3 is 10.4 Å². The molecule has 2 aromatic rings. The summed E-state index contributed by atoms with van der Waals surface area (Å²) in [5.41, 5.74) is 0.885. The number of amides is 1. The van der Waals surface area contributed by atoms with E-state index >= 15 is 0 Å². The summed E-state index contributed by atoms with van der Waals surface area (Å²) in [4.78, 5) is 22.9. The number of hydrogen-bond donors (Lipinski definition) is 2. The van der Waals surface area contributed by atoms with Crippen molar-refractivity contribution in [3.8, 4) is 0 Å². The number of benzene rings is 1. The second-order valence-electron chi connectivity index (χ2n) is 4.26. The maximum atomic E-state index is 11.8. The first-order valence-electron chi connectivity index (χ1n) is 5.96. The van der Waals surface area contributed by atoms with Gasteiger partial charge in [0, 0.05) is 29.9 Å². The quantitative estimate of drug-likeness (QED) is 0.850. The van der Waals surface area contributed by atoms with E-state index in [0.717, 1.165) is 5.56 Å². The average molecular weight is 306 g/mol. The minimum absolute atomic E-state index is 0.0254. The number of aromatic carboxylic acids is 1. The zero-order valence-electron chi connectivity index (χ0n) is 11.1. The number of halogens is 1. The van der Waals surface area contributed by atoms with Gasteiger partial charge in [-0.2, -0.15) is 5.10 Å². The van der Waals surface area contributed by atoms with Crippen LogP contribution in [0.2, 0.25) is 5.02 Å². The maximum absolute atomic E-state index is 11.8. The summed E-state index contributed by atoms with van der Waals surface area (Å²) in [6, 6.07) is 4.18. The van der Waals surface area contributed by atoms with Crippen molar-refractivity contribution in [2.45, 2.75) is 0 Å². The molecule has 1 heterocycles. The van der Waals surface area contributed by atoms with Crippen LogP contribution in [0.1, 0.15) is 15.9 Å². The first kappa shape index (κ1) is 14.8. The molecule has 108 valence electrons. The van der Waals surface area contributed by atoms with Crippen LogP contribution in [-0.2, 0) is 11.8 Å². The molecule has 0 spiro atoms. The number of aryl methyl sites for hydroxylation is 1. The van der Waals surface area contributed by atoms with Gasteiger partial charge in [0.1, 0.15) is 0 Å². The Morgan fingerprint density at radius 3 is 2.81 bits per heavy atom. The second kappa shape index (κ2) is 6.23. The summed E-state index contributed by atoms with van der Waals surface area (Å²) < 4.78 is 1.61. The van der Waals surface area contributed by atoms with Gasteiger partial charge >= 0.3 is 5.97 Å². The van der Waals surface area contributed by atoms with Gasteiger partial charge in [0.25, 0.3) is 0 Å². The Bertz CT molecular complexity index is 722. The fourth-order valence-electron chi connectivity index (χ4n) is 1.68. The third kappa shape index (κ3) is 3.93. The highest BCUT2D eigenvalue weighted by Gasteiger charge is 2.11. The monoisotopic (exact) mass is 305 g/mol. The number of hydrogen-bond acceptors (Lipinski definition) is 3. The molecule has 0 fully saturated rings. The highest BCUT2D eigenvalue weighted by molar-refractivity contribution is 6.31. The van der Waals surface area contributed by atoms with Crippen molar-refractivity contribution in [3.05, 3.63) is 52.8 Å². The predicted molar refractivity (Wildman–Crippen MR) is 79.3 cm³/mol. The van der Waals surface area contributed by atoms with Gasteiger partial charge in [0.05, 0.1) is 17.4 Å². The highest BCUT2D eigenvalue weighted by Crippen LogP contribution is 2.21. The van der Waals surface area contributed by atoms with Crippen LogP contribution >= 0.6 is 11.6 Å². The molecule has 1 aromatic carbocycles. The normalized spacial score (nSPS) is 10.8. The predicted octanol–water partition coefficient (Wildman–Crippen LogP) is 2.42. The van der Waals surface area contributed by atoms with Gasteiger partial charge in [-0.1, -0.05) is 11.6 Å². The van der Waals surface area contributed by atoms with Crippen LogP contribution in [-0.4, -0.2) is 26.8 Å². The van der Waals surface area contributed by atoms with E-state index in [2.05, 4.69) is 10.4 Å². The molecule has 0 aliphatic carbocycles. The van der Waals surface area contributed by atoms with E-state index in [4.69, 9.17) is 16.7 Å². The third-order valence-corrected chi connectivity index (χ3v) is 2.86. The van der Waals surface area contributed by atoms with E-state index in [1.807, 2.05) is 0 Å². The fourth-order valence-corrected chi connectivity index (χ4v) is 1.85. The highest BCUT2D eigenvalue weighted by atomic mass is 35.5. The molecular weight excluding hydrogens is 294 g/mol. The lowest BCUT2D eigenvalue weighted by molar-refractivity contribution is -0.111. The zero-order chi connectivity index (χ0) is 15.4. The van der Waals surface area contributed by atoms with Crippen LogP contribution in [0.25, 0.3) is 6.08 Å². The zero-order valence-corrected chi connectivity index (χ0v) is 11.8. The molecule has 6 nitrogen and oxygen atoms in total. The van der Waals surface area contributed by atoms with Crippen molar-refractivity contribution in [1.82, 2.24) is 9.78 Å². The number of nitrogens with one attached hydrogen (secondary N) is 1. The first-order chi connectivity index (χ1) is 9.95. The number of carbonyl (C=O) groups excluding carboxylic acids is 1. The number of aromatic nitrogens is 2. The van der Waals surface area contributed by atoms with Crippen molar-refractivity contribution in [1.29, 1.82) is 0 Å². The number of carboxylic acids is 1. The molecule has 0 saturated carbocycles. The van der Waals surface area contributed by atoms with E-state index in [1.54, 1.807) is 30.2 Å². The van der Waals surface area contributed by atoms with Gasteiger partial charge in [0.2, 0.25) is 5.91 Å². The number of nitrogens with zero attached hydrogens (tertiary/aromatic N) is 2. The Labute approximate surface area is 125 Å². The lowest BCUT2D eigenvalue weighted by Crippen LogP contribution is -2.12. The topological polar surface area (TPSA) is 84.2 Å². The maximum Gasteiger partial charge on any atom is 0.337 e. The number of carbonyl (C=O) groups is 2. The molecule has 0 radical (unpaired) electrons. The summed E-state index contributed by atoms with van der Waals surface area (Å²) in [5.74, 6) is -1.60. The van der Waals surface area contributed by atoms with Crippen LogP contribution in [0, 0.1) is 0 Å². The van der Waals surface area contributed by atoms with Gasteiger partial charge in [0.15, 0.2) is 0 Å². The third-order valence-electron chi connectivity index (χ3n) is 2.62. The molecule has 7 heteroatoms. The molecule has 0 unspecified atom stereocenters. The van der Waals surface area contributed by atoms with E-state index in [0.29, 0.717) is 5.02 Å². The molecule has 0 atom stereocenters. The fraction of sp³-hybridized carbons (Fsp3) is 0.0714. The van der Waals surface area contributed by atoms with Crippen molar-refractivity contribution < 1.29 is 14.7 Å². The molecule has 1 amide bonds. The summed E-state index contributed by atoms with van der Waals surface area (Å²) >= 11 is 5.81.